The number of anilines is 1. The maximum atomic E-state index is 13.3. The molecule has 29 heavy (non-hydrogen) atoms. The van der Waals surface area contributed by atoms with Crippen LogP contribution in [0.2, 0.25) is 5.02 Å². The van der Waals surface area contributed by atoms with Gasteiger partial charge in [-0.25, -0.2) is 8.78 Å². The number of nitrogens with one attached hydrogen (secondary N) is 1. The van der Waals surface area contributed by atoms with Crippen LogP contribution in [-0.2, 0) is 4.79 Å². The molecular weight excluding hydrogens is 398 g/mol. The van der Waals surface area contributed by atoms with E-state index < -0.39 is 23.3 Å². The van der Waals surface area contributed by atoms with Gasteiger partial charge < -0.3 is 9.72 Å². The van der Waals surface area contributed by atoms with Crippen molar-refractivity contribution in [2.45, 2.75) is 0 Å². The van der Waals surface area contributed by atoms with Gasteiger partial charge in [-0.3, -0.25) is 9.59 Å². The quantitative estimate of drug-likeness (QED) is 0.364. The molecule has 4 aromatic rings. The first-order valence-electron chi connectivity index (χ1n) is 8.61. The minimum absolute atomic E-state index is 0.137. The van der Waals surface area contributed by atoms with Crippen LogP contribution in [0.25, 0.3) is 16.6 Å². The molecule has 7 heteroatoms. The molecule has 0 saturated heterocycles. The zero-order valence-corrected chi connectivity index (χ0v) is 15.6. The molecule has 0 aliphatic heterocycles. The number of hydrogen-bond acceptors (Lipinski definition) is 2. The number of Topliss-reactive ketones (excluding diaryl/α,β-unsaturated/α-hetero) is 1. The van der Waals surface area contributed by atoms with Crippen LogP contribution < -0.4 is 5.32 Å². The fourth-order valence-corrected chi connectivity index (χ4v) is 3.25. The van der Waals surface area contributed by atoms with Gasteiger partial charge in [-0.1, -0.05) is 29.8 Å². The Hall–Kier alpha value is -3.51. The largest absolute Gasteiger partial charge is 0.319 e. The van der Waals surface area contributed by atoms with Crippen molar-refractivity contribution in [1.82, 2.24) is 4.40 Å². The van der Waals surface area contributed by atoms with Crippen molar-refractivity contribution in [2.24, 2.45) is 0 Å². The molecule has 0 atom stereocenters. The maximum absolute atomic E-state index is 13.3. The molecule has 144 valence electrons. The Morgan fingerprint density at radius 3 is 2.41 bits per heavy atom. The Bertz CT molecular complexity index is 1250. The second kappa shape index (κ2) is 7.48. The first-order valence-corrected chi connectivity index (χ1v) is 8.98. The van der Waals surface area contributed by atoms with Crippen molar-refractivity contribution in [1.29, 1.82) is 0 Å². The number of aromatic nitrogens is 1. The minimum Gasteiger partial charge on any atom is -0.319 e. The van der Waals surface area contributed by atoms with Crippen molar-refractivity contribution < 1.29 is 18.4 Å². The fourth-order valence-electron chi connectivity index (χ4n) is 3.07. The van der Waals surface area contributed by atoms with E-state index in [0.29, 0.717) is 16.6 Å². The number of halogens is 3. The van der Waals surface area contributed by atoms with Gasteiger partial charge in [-0.15, -0.1) is 0 Å². The van der Waals surface area contributed by atoms with Crippen molar-refractivity contribution in [3.05, 3.63) is 95.3 Å². The van der Waals surface area contributed by atoms with Crippen LogP contribution in [0.3, 0.4) is 0 Å². The molecule has 2 heterocycles. The number of benzene rings is 2. The second-order valence-electron chi connectivity index (χ2n) is 6.32. The summed E-state index contributed by atoms with van der Waals surface area (Å²) in [5.74, 6) is -2.74. The monoisotopic (exact) mass is 410 g/mol. The predicted octanol–water partition coefficient (Wildman–Crippen LogP) is 5.36. The average molecular weight is 411 g/mol. The highest BCUT2D eigenvalue weighted by atomic mass is 35.5. The lowest BCUT2D eigenvalue weighted by Gasteiger charge is -2.08. The van der Waals surface area contributed by atoms with E-state index in [1.54, 1.807) is 47.0 Å². The molecule has 2 aromatic heterocycles. The first kappa shape index (κ1) is 18.8. The van der Waals surface area contributed by atoms with Crippen molar-refractivity contribution in [3.63, 3.8) is 0 Å². The highest BCUT2D eigenvalue weighted by Crippen LogP contribution is 2.29. The molecule has 0 unspecified atom stereocenters. The summed E-state index contributed by atoms with van der Waals surface area (Å²) < 4.78 is 28.2. The molecule has 1 amide bonds. The summed E-state index contributed by atoms with van der Waals surface area (Å²) in [5, 5.41) is 2.27. The van der Waals surface area contributed by atoms with E-state index >= 15 is 0 Å². The van der Waals surface area contributed by atoms with Gasteiger partial charge in [-0.2, -0.15) is 0 Å². The number of carbonyl (C=O) groups excluding carboxylic acids is 2. The Morgan fingerprint density at radius 2 is 1.69 bits per heavy atom. The highest BCUT2D eigenvalue weighted by molar-refractivity contribution is 6.47. The van der Waals surface area contributed by atoms with Crippen LogP contribution in [0, 0.1) is 11.6 Å². The lowest BCUT2D eigenvalue weighted by Crippen LogP contribution is -2.24. The standard InChI is InChI=1S/C22H13ClF2N2O2/c23-18-11-15(8-9-19(18)25)26-22(29)21(28)20-17(13-4-6-14(24)7-5-13)12-16-3-1-2-10-27(16)20/h1-12H,(H,26,29). The van der Waals surface area contributed by atoms with E-state index in [0.717, 1.165) is 6.07 Å². The zero-order chi connectivity index (χ0) is 20.5. The molecule has 4 nitrogen and oxygen atoms in total. The summed E-state index contributed by atoms with van der Waals surface area (Å²) in [6, 6.07) is 16.4. The fraction of sp³-hybridized carbons (Fsp3) is 0. The topological polar surface area (TPSA) is 50.6 Å². The molecule has 0 saturated carbocycles. The zero-order valence-electron chi connectivity index (χ0n) is 14.8. The van der Waals surface area contributed by atoms with Crippen LogP contribution in [-0.4, -0.2) is 16.1 Å². The van der Waals surface area contributed by atoms with Gasteiger partial charge in [0.15, 0.2) is 0 Å². The smallest absolute Gasteiger partial charge is 0.298 e. The van der Waals surface area contributed by atoms with Gasteiger partial charge in [0.25, 0.3) is 11.7 Å². The molecule has 4 rings (SSSR count). The number of ketones is 1. The summed E-state index contributed by atoms with van der Waals surface area (Å²) in [5.41, 5.74) is 2.12. The van der Waals surface area contributed by atoms with Gasteiger partial charge in [0.1, 0.15) is 17.3 Å². The first-order chi connectivity index (χ1) is 13.9. The van der Waals surface area contributed by atoms with E-state index in [1.807, 2.05) is 0 Å². The molecule has 0 aliphatic rings. The Kier molecular flexibility index (Phi) is 4.86. The lowest BCUT2D eigenvalue weighted by molar-refractivity contribution is -0.112. The second-order valence-corrected chi connectivity index (χ2v) is 6.73. The van der Waals surface area contributed by atoms with E-state index in [4.69, 9.17) is 11.6 Å². The SMILES string of the molecule is O=C(Nc1ccc(F)c(Cl)c1)C(=O)c1c(-c2ccc(F)cc2)cc2ccccn12. The molecular formula is C22H13ClF2N2O2. The number of rotatable bonds is 4. The van der Waals surface area contributed by atoms with Crippen LogP contribution in [0.4, 0.5) is 14.5 Å². The van der Waals surface area contributed by atoms with Gasteiger partial charge in [0.05, 0.1) is 5.02 Å². The van der Waals surface area contributed by atoms with Gasteiger partial charge in [0.2, 0.25) is 0 Å². The van der Waals surface area contributed by atoms with Crippen LogP contribution in [0.5, 0.6) is 0 Å². The summed E-state index contributed by atoms with van der Waals surface area (Å²) in [6.07, 6.45) is 1.66. The predicted molar refractivity (Wildman–Crippen MR) is 107 cm³/mol. The van der Waals surface area contributed by atoms with Crippen LogP contribution in [0.1, 0.15) is 10.5 Å². The third-order valence-corrected chi connectivity index (χ3v) is 4.72. The number of amides is 1. The third kappa shape index (κ3) is 3.62. The normalized spacial score (nSPS) is 10.9. The number of fused-ring (bicyclic) bond motifs is 1. The lowest BCUT2D eigenvalue weighted by atomic mass is 10.0. The molecule has 2 aromatic carbocycles. The average Bonchev–Trinajstić information content (AvgIpc) is 3.10. The maximum Gasteiger partial charge on any atom is 0.298 e. The van der Waals surface area contributed by atoms with Crippen LogP contribution >= 0.6 is 11.6 Å². The van der Waals surface area contributed by atoms with E-state index in [1.165, 1.54) is 24.3 Å². The summed E-state index contributed by atoms with van der Waals surface area (Å²) in [4.78, 5) is 25.6. The van der Waals surface area contributed by atoms with Crippen LogP contribution in [0.15, 0.2) is 72.9 Å². The summed E-state index contributed by atoms with van der Waals surface area (Å²) in [7, 11) is 0. The summed E-state index contributed by atoms with van der Waals surface area (Å²) in [6.45, 7) is 0. The Labute approximate surface area is 169 Å². The van der Waals surface area contributed by atoms with E-state index in [2.05, 4.69) is 5.32 Å². The Balaban J connectivity index is 1.76. The molecule has 0 bridgehead atoms. The van der Waals surface area contributed by atoms with E-state index in [9.17, 15) is 18.4 Å². The highest BCUT2D eigenvalue weighted by Gasteiger charge is 2.25. The Morgan fingerprint density at radius 1 is 0.931 bits per heavy atom. The van der Waals surface area contributed by atoms with Crippen molar-refractivity contribution >= 4 is 34.5 Å². The molecule has 0 radical (unpaired) electrons. The number of hydrogen-bond donors (Lipinski definition) is 1. The number of nitrogens with zero attached hydrogens (tertiary/aromatic N) is 1. The molecule has 0 aliphatic carbocycles. The van der Waals surface area contributed by atoms with Gasteiger partial charge in [0, 0.05) is 23.0 Å². The molecule has 0 spiro atoms. The number of carbonyl (C=O) groups is 2. The minimum atomic E-state index is -0.903. The van der Waals surface area contributed by atoms with Gasteiger partial charge in [-0.05, 0) is 54.1 Å². The molecule has 1 N–H and O–H groups in total. The van der Waals surface area contributed by atoms with Crippen molar-refractivity contribution in [3.8, 4) is 11.1 Å². The van der Waals surface area contributed by atoms with Gasteiger partial charge >= 0.3 is 0 Å². The number of pyridine rings is 1. The molecule has 0 fully saturated rings. The van der Waals surface area contributed by atoms with E-state index in [-0.39, 0.29) is 16.4 Å². The van der Waals surface area contributed by atoms with Crippen molar-refractivity contribution in [2.75, 3.05) is 5.32 Å². The third-order valence-electron chi connectivity index (χ3n) is 4.43. The summed E-state index contributed by atoms with van der Waals surface area (Å²) >= 11 is 5.73.